The minimum Gasteiger partial charge on any atom is -0.481 e. The Hall–Kier alpha value is -2.40. The third-order valence-corrected chi connectivity index (χ3v) is 4.59. The van der Waals surface area contributed by atoms with Gasteiger partial charge in [0.1, 0.15) is 0 Å². The second-order valence-corrected chi connectivity index (χ2v) is 6.06. The molecule has 1 N–H and O–H groups in total. The normalized spacial score (nSPS) is 16.4. The summed E-state index contributed by atoms with van der Waals surface area (Å²) in [5.74, 6) is 0.556. The summed E-state index contributed by atoms with van der Waals surface area (Å²) in [6.45, 7) is 3.08. The monoisotopic (exact) mass is 326 g/mol. The van der Waals surface area contributed by atoms with Gasteiger partial charge in [0.2, 0.25) is 11.8 Å². The Labute approximate surface area is 142 Å². The van der Waals surface area contributed by atoms with Crippen LogP contribution < -0.4 is 10.1 Å². The molecule has 2 heterocycles. The lowest BCUT2D eigenvalue weighted by molar-refractivity contribution is -0.125. The largest absolute Gasteiger partial charge is 0.481 e. The van der Waals surface area contributed by atoms with Crippen LogP contribution in [0.25, 0.3) is 0 Å². The van der Waals surface area contributed by atoms with E-state index >= 15 is 0 Å². The zero-order chi connectivity index (χ0) is 17.0. The van der Waals surface area contributed by atoms with Gasteiger partial charge in [-0.15, -0.1) is 0 Å². The number of aromatic nitrogens is 1. The first-order valence-electron chi connectivity index (χ1n) is 8.11. The summed E-state index contributed by atoms with van der Waals surface area (Å²) in [5, 5.41) is 3.03. The predicted octanol–water partition coefficient (Wildman–Crippen LogP) is 3.09. The smallest absolute Gasteiger partial charge is 0.235 e. The highest BCUT2D eigenvalue weighted by Crippen LogP contribution is 2.36. The molecule has 1 aromatic carbocycles. The van der Waals surface area contributed by atoms with E-state index in [-0.39, 0.29) is 5.91 Å². The lowest BCUT2D eigenvalue weighted by Crippen LogP contribution is -2.44. The van der Waals surface area contributed by atoms with Crippen molar-refractivity contribution in [3.8, 4) is 5.88 Å². The number of carbonyl (C=O) groups excluding carboxylic acids is 1. The fourth-order valence-electron chi connectivity index (χ4n) is 3.22. The number of nitrogens with one attached hydrogen (secondary N) is 1. The van der Waals surface area contributed by atoms with Gasteiger partial charge >= 0.3 is 0 Å². The third-order valence-electron chi connectivity index (χ3n) is 4.59. The SMILES string of the molecule is COc1ncc(NC(=O)C2(c3ccccc3)CCOCC2)cc1C. The van der Waals surface area contributed by atoms with Crippen molar-refractivity contribution < 1.29 is 14.3 Å². The highest BCUT2D eigenvalue weighted by atomic mass is 16.5. The van der Waals surface area contributed by atoms with Crippen LogP contribution in [0.4, 0.5) is 5.69 Å². The molecular formula is C19H22N2O3. The summed E-state index contributed by atoms with van der Waals surface area (Å²) < 4.78 is 10.7. The summed E-state index contributed by atoms with van der Waals surface area (Å²) in [6.07, 6.45) is 2.97. The summed E-state index contributed by atoms with van der Waals surface area (Å²) >= 11 is 0. The molecule has 1 aliphatic heterocycles. The number of methoxy groups -OCH3 is 1. The van der Waals surface area contributed by atoms with E-state index in [9.17, 15) is 4.79 Å². The van der Waals surface area contributed by atoms with Crippen LogP contribution in [0.3, 0.4) is 0 Å². The highest BCUT2D eigenvalue weighted by Gasteiger charge is 2.41. The van der Waals surface area contributed by atoms with E-state index in [0.29, 0.717) is 37.6 Å². The molecule has 24 heavy (non-hydrogen) atoms. The number of nitrogens with zero attached hydrogens (tertiary/aromatic N) is 1. The maximum Gasteiger partial charge on any atom is 0.235 e. The van der Waals surface area contributed by atoms with Crippen molar-refractivity contribution in [1.82, 2.24) is 4.98 Å². The Morgan fingerprint density at radius 1 is 1.25 bits per heavy atom. The van der Waals surface area contributed by atoms with Crippen LogP contribution in [-0.4, -0.2) is 31.2 Å². The number of aryl methyl sites for hydroxylation is 1. The van der Waals surface area contributed by atoms with Crippen LogP contribution in [-0.2, 0) is 14.9 Å². The van der Waals surface area contributed by atoms with E-state index in [1.165, 1.54) is 0 Å². The Bertz CT molecular complexity index is 710. The molecule has 0 spiro atoms. The molecule has 0 unspecified atom stereocenters. The summed E-state index contributed by atoms with van der Waals surface area (Å²) in [7, 11) is 1.58. The van der Waals surface area contributed by atoms with E-state index in [1.54, 1.807) is 13.3 Å². The van der Waals surface area contributed by atoms with E-state index in [4.69, 9.17) is 9.47 Å². The van der Waals surface area contributed by atoms with Crippen molar-refractivity contribution in [2.75, 3.05) is 25.6 Å². The van der Waals surface area contributed by atoms with Crippen LogP contribution in [0.2, 0.25) is 0 Å². The highest BCUT2D eigenvalue weighted by molar-refractivity contribution is 5.99. The van der Waals surface area contributed by atoms with Crippen molar-refractivity contribution in [3.63, 3.8) is 0 Å². The molecular weight excluding hydrogens is 304 g/mol. The van der Waals surface area contributed by atoms with Gasteiger partial charge in [0.25, 0.3) is 0 Å². The molecule has 0 aliphatic carbocycles. The van der Waals surface area contributed by atoms with Gasteiger partial charge in [-0.05, 0) is 31.4 Å². The minimum atomic E-state index is -0.562. The summed E-state index contributed by atoms with van der Waals surface area (Å²) in [5.41, 5.74) is 2.04. The van der Waals surface area contributed by atoms with Gasteiger partial charge in [0, 0.05) is 18.8 Å². The van der Waals surface area contributed by atoms with Gasteiger partial charge < -0.3 is 14.8 Å². The van der Waals surface area contributed by atoms with E-state index in [1.807, 2.05) is 43.3 Å². The zero-order valence-corrected chi connectivity index (χ0v) is 14.0. The Morgan fingerprint density at radius 2 is 1.96 bits per heavy atom. The third kappa shape index (κ3) is 3.12. The molecule has 2 aromatic rings. The Morgan fingerprint density at radius 3 is 2.58 bits per heavy atom. The average Bonchev–Trinajstić information content (AvgIpc) is 2.63. The maximum atomic E-state index is 13.1. The molecule has 0 radical (unpaired) electrons. The van der Waals surface area contributed by atoms with Gasteiger partial charge in [-0.25, -0.2) is 4.98 Å². The molecule has 3 rings (SSSR count). The molecule has 0 atom stereocenters. The van der Waals surface area contributed by atoms with Crippen molar-refractivity contribution in [1.29, 1.82) is 0 Å². The van der Waals surface area contributed by atoms with Gasteiger partial charge in [-0.2, -0.15) is 0 Å². The van der Waals surface area contributed by atoms with Crippen molar-refractivity contribution in [3.05, 3.63) is 53.7 Å². The van der Waals surface area contributed by atoms with Gasteiger partial charge in [-0.1, -0.05) is 30.3 Å². The zero-order valence-electron chi connectivity index (χ0n) is 14.0. The van der Waals surface area contributed by atoms with Crippen molar-refractivity contribution in [2.45, 2.75) is 25.2 Å². The number of amides is 1. The van der Waals surface area contributed by atoms with Gasteiger partial charge in [-0.3, -0.25) is 4.79 Å². The van der Waals surface area contributed by atoms with Crippen molar-refractivity contribution in [2.24, 2.45) is 0 Å². The quantitative estimate of drug-likeness (QED) is 0.938. The van der Waals surface area contributed by atoms with Crippen LogP contribution in [0.5, 0.6) is 5.88 Å². The lowest BCUT2D eigenvalue weighted by Gasteiger charge is -2.36. The molecule has 1 amide bonds. The van der Waals surface area contributed by atoms with E-state index in [2.05, 4.69) is 10.3 Å². The van der Waals surface area contributed by atoms with E-state index < -0.39 is 5.41 Å². The molecule has 126 valence electrons. The fourth-order valence-corrected chi connectivity index (χ4v) is 3.22. The average molecular weight is 326 g/mol. The molecule has 0 saturated carbocycles. The van der Waals surface area contributed by atoms with Crippen molar-refractivity contribution >= 4 is 11.6 Å². The van der Waals surface area contributed by atoms with Gasteiger partial charge in [0.15, 0.2) is 0 Å². The molecule has 1 aliphatic rings. The number of hydrogen-bond donors (Lipinski definition) is 1. The molecule has 1 aromatic heterocycles. The second kappa shape index (κ2) is 7.01. The number of ether oxygens (including phenoxy) is 2. The molecule has 1 fully saturated rings. The molecule has 1 saturated heterocycles. The minimum absolute atomic E-state index is 0.0108. The maximum absolute atomic E-state index is 13.1. The van der Waals surface area contributed by atoms with Crippen LogP contribution >= 0.6 is 0 Å². The first-order valence-corrected chi connectivity index (χ1v) is 8.11. The lowest BCUT2D eigenvalue weighted by atomic mass is 9.73. The molecule has 5 heteroatoms. The molecule has 0 bridgehead atoms. The van der Waals surface area contributed by atoms with Crippen LogP contribution in [0.1, 0.15) is 24.0 Å². The predicted molar refractivity (Wildman–Crippen MR) is 92.3 cm³/mol. The number of hydrogen-bond acceptors (Lipinski definition) is 4. The Kier molecular flexibility index (Phi) is 4.81. The first-order chi connectivity index (χ1) is 11.7. The van der Waals surface area contributed by atoms with E-state index in [0.717, 1.165) is 11.1 Å². The topological polar surface area (TPSA) is 60.5 Å². The summed E-state index contributed by atoms with van der Waals surface area (Å²) in [6, 6.07) is 11.8. The van der Waals surface area contributed by atoms with Crippen LogP contribution in [0.15, 0.2) is 42.6 Å². The number of anilines is 1. The molecule has 5 nitrogen and oxygen atoms in total. The first kappa shape index (κ1) is 16.5. The fraction of sp³-hybridized carbons (Fsp3) is 0.368. The number of carbonyl (C=O) groups is 1. The second-order valence-electron chi connectivity index (χ2n) is 6.06. The standard InChI is InChI=1S/C19H22N2O3/c1-14-12-16(13-20-17(14)23-2)21-18(22)19(8-10-24-11-9-19)15-6-4-3-5-7-15/h3-7,12-13H,8-11H2,1-2H3,(H,21,22). The summed E-state index contributed by atoms with van der Waals surface area (Å²) in [4.78, 5) is 17.4. The van der Waals surface area contributed by atoms with Crippen LogP contribution in [0, 0.1) is 6.92 Å². The number of pyridine rings is 1. The van der Waals surface area contributed by atoms with Gasteiger partial charge in [0.05, 0.1) is 24.4 Å². The number of rotatable bonds is 4. The number of benzene rings is 1. The Balaban J connectivity index is 1.88.